The zero-order valence-corrected chi connectivity index (χ0v) is 17.3. The van der Waals surface area contributed by atoms with Crippen LogP contribution in [-0.4, -0.2) is 73.6 Å². The molecule has 1 fully saturated rings. The summed E-state index contributed by atoms with van der Waals surface area (Å²) in [7, 11) is 1.50. The molecule has 0 aliphatic carbocycles. The van der Waals surface area contributed by atoms with Crippen LogP contribution in [0.15, 0.2) is 30.3 Å². The maximum atomic E-state index is 12.7. The fraction of sp³-hybridized carbons (Fsp3) is 0.619. The summed E-state index contributed by atoms with van der Waals surface area (Å²) in [6, 6.07) is 9.95. The number of rotatable bonds is 10. The lowest BCUT2D eigenvalue weighted by molar-refractivity contribution is -0.141. The molecule has 0 aromatic heterocycles. The number of ether oxygens (including phenoxy) is 1. The molecule has 0 radical (unpaired) electrons. The van der Waals surface area contributed by atoms with E-state index in [1.165, 1.54) is 12.7 Å². The maximum Gasteiger partial charge on any atom is 0.249 e. The van der Waals surface area contributed by atoms with E-state index >= 15 is 0 Å². The van der Waals surface area contributed by atoms with Crippen LogP contribution in [-0.2, 0) is 20.9 Å². The number of nitrogens with two attached hydrogens (primary N) is 1. The first-order valence-corrected chi connectivity index (χ1v) is 10.00. The molecule has 2 atom stereocenters. The number of hydrogen-bond donors (Lipinski definition) is 2. The highest BCUT2D eigenvalue weighted by Crippen LogP contribution is 2.25. The van der Waals surface area contributed by atoms with Crippen LogP contribution < -0.4 is 11.1 Å². The van der Waals surface area contributed by atoms with Gasteiger partial charge in [0.1, 0.15) is 12.6 Å². The van der Waals surface area contributed by atoms with Crippen LogP contribution in [0.1, 0.15) is 25.8 Å². The molecule has 0 bridgehead atoms. The number of likely N-dealkylation sites (tertiary alicyclic amines) is 1. The molecule has 7 heteroatoms. The van der Waals surface area contributed by atoms with Gasteiger partial charge in [-0.25, -0.2) is 0 Å². The van der Waals surface area contributed by atoms with Crippen molar-refractivity contribution in [3.63, 3.8) is 0 Å². The lowest BCUT2D eigenvalue weighted by atomic mass is 10.1. The van der Waals surface area contributed by atoms with Crippen LogP contribution >= 0.6 is 0 Å². The van der Waals surface area contributed by atoms with E-state index in [-0.39, 0.29) is 24.5 Å². The summed E-state index contributed by atoms with van der Waals surface area (Å²) in [4.78, 5) is 29.3. The highest BCUT2D eigenvalue weighted by atomic mass is 16.5. The molecule has 1 heterocycles. The molecule has 0 spiro atoms. The number of nitrogens with zero attached hydrogens (tertiary/aromatic N) is 2. The van der Waals surface area contributed by atoms with E-state index in [1.54, 1.807) is 4.90 Å². The van der Waals surface area contributed by atoms with Crippen LogP contribution in [0.2, 0.25) is 0 Å². The third-order valence-corrected chi connectivity index (χ3v) is 4.96. The molecule has 2 rings (SSSR count). The van der Waals surface area contributed by atoms with Crippen molar-refractivity contribution in [3.05, 3.63) is 35.9 Å². The van der Waals surface area contributed by atoms with Gasteiger partial charge >= 0.3 is 0 Å². The van der Waals surface area contributed by atoms with Gasteiger partial charge in [-0.2, -0.15) is 0 Å². The van der Waals surface area contributed by atoms with Gasteiger partial charge in [0.2, 0.25) is 11.8 Å². The van der Waals surface area contributed by atoms with E-state index in [2.05, 4.69) is 36.2 Å². The molecule has 1 saturated heterocycles. The third-order valence-electron chi connectivity index (χ3n) is 4.96. The van der Waals surface area contributed by atoms with Crippen molar-refractivity contribution in [2.24, 2.45) is 11.7 Å². The first-order chi connectivity index (χ1) is 13.5. The topological polar surface area (TPSA) is 87.9 Å². The number of nitrogens with one attached hydrogen (secondary N) is 1. The molecule has 1 aromatic carbocycles. The fourth-order valence-electron chi connectivity index (χ4n) is 3.75. The lowest BCUT2D eigenvalue weighted by Crippen LogP contribution is -2.48. The minimum Gasteiger partial charge on any atom is -0.375 e. The van der Waals surface area contributed by atoms with Gasteiger partial charge in [-0.1, -0.05) is 44.2 Å². The van der Waals surface area contributed by atoms with Crippen LogP contribution in [0.4, 0.5) is 0 Å². The lowest BCUT2D eigenvalue weighted by Gasteiger charge is -2.30. The number of amides is 2. The second kappa shape index (κ2) is 11.1. The predicted molar refractivity (Wildman–Crippen MR) is 110 cm³/mol. The molecule has 0 saturated carbocycles. The Balaban J connectivity index is 2.18. The van der Waals surface area contributed by atoms with Crippen molar-refractivity contribution in [2.75, 3.05) is 39.9 Å². The SMILES string of the molecule is COCC(=O)N1CC(N(Cc2ccccc2)CC(C)C)CC1C(=O)NCCN. The van der Waals surface area contributed by atoms with Gasteiger partial charge in [0.15, 0.2) is 0 Å². The van der Waals surface area contributed by atoms with Crippen LogP contribution in [0, 0.1) is 5.92 Å². The standard InChI is InChI=1S/C21H34N4O3/c1-16(2)12-24(13-17-7-5-4-6-8-17)18-11-19(21(27)23-10-9-22)25(14-18)20(26)15-28-3/h4-8,16,18-19H,9-15,22H2,1-3H3,(H,23,27). The molecule has 1 aromatic rings. The molecule has 3 N–H and O–H groups in total. The highest BCUT2D eigenvalue weighted by molar-refractivity contribution is 5.88. The Morgan fingerprint density at radius 1 is 1.32 bits per heavy atom. The van der Waals surface area contributed by atoms with Crippen molar-refractivity contribution < 1.29 is 14.3 Å². The van der Waals surface area contributed by atoms with Gasteiger partial charge < -0.3 is 20.7 Å². The number of methoxy groups -OCH3 is 1. The largest absolute Gasteiger partial charge is 0.375 e. The zero-order valence-electron chi connectivity index (χ0n) is 17.3. The van der Waals surface area contributed by atoms with Crippen molar-refractivity contribution in [1.82, 2.24) is 15.1 Å². The molecule has 28 heavy (non-hydrogen) atoms. The first kappa shape index (κ1) is 22.3. The number of benzene rings is 1. The monoisotopic (exact) mass is 390 g/mol. The normalized spacial score (nSPS) is 19.4. The summed E-state index contributed by atoms with van der Waals surface area (Å²) in [6.07, 6.45) is 0.616. The number of carbonyl (C=O) groups excluding carboxylic acids is 2. The summed E-state index contributed by atoms with van der Waals surface area (Å²) >= 11 is 0. The van der Waals surface area contributed by atoms with Gasteiger partial charge in [0, 0.05) is 45.9 Å². The van der Waals surface area contributed by atoms with Crippen molar-refractivity contribution in [2.45, 2.75) is 38.9 Å². The van der Waals surface area contributed by atoms with Crippen LogP contribution in [0.5, 0.6) is 0 Å². The Bertz CT molecular complexity index is 623. The Labute approximate surface area is 168 Å². The summed E-state index contributed by atoms with van der Waals surface area (Å²) < 4.78 is 5.02. The Morgan fingerprint density at radius 2 is 2.04 bits per heavy atom. The van der Waals surface area contributed by atoms with E-state index in [4.69, 9.17) is 10.5 Å². The Hall–Kier alpha value is -1.96. The van der Waals surface area contributed by atoms with Gasteiger partial charge in [0.25, 0.3) is 0 Å². The van der Waals surface area contributed by atoms with Gasteiger partial charge in [-0.05, 0) is 17.9 Å². The maximum absolute atomic E-state index is 12.7. The smallest absolute Gasteiger partial charge is 0.249 e. The number of carbonyl (C=O) groups is 2. The van der Waals surface area contributed by atoms with E-state index < -0.39 is 6.04 Å². The zero-order chi connectivity index (χ0) is 20.5. The number of hydrogen-bond acceptors (Lipinski definition) is 5. The van der Waals surface area contributed by atoms with Crippen LogP contribution in [0.3, 0.4) is 0 Å². The van der Waals surface area contributed by atoms with Crippen molar-refractivity contribution >= 4 is 11.8 Å². The molecule has 156 valence electrons. The Kier molecular flexibility index (Phi) is 8.89. The summed E-state index contributed by atoms with van der Waals surface area (Å²) in [6.45, 7) is 7.38. The average Bonchev–Trinajstić information content (AvgIpc) is 3.12. The van der Waals surface area contributed by atoms with E-state index in [9.17, 15) is 9.59 Å². The molecule has 2 unspecified atom stereocenters. The quantitative estimate of drug-likeness (QED) is 0.618. The molecule has 1 aliphatic heterocycles. The van der Waals surface area contributed by atoms with Gasteiger partial charge in [0.05, 0.1) is 0 Å². The molecule has 1 aliphatic rings. The van der Waals surface area contributed by atoms with E-state index in [0.29, 0.717) is 32.0 Å². The van der Waals surface area contributed by atoms with Crippen LogP contribution in [0.25, 0.3) is 0 Å². The van der Waals surface area contributed by atoms with Gasteiger partial charge in [-0.15, -0.1) is 0 Å². The summed E-state index contributed by atoms with van der Waals surface area (Å²) in [5.41, 5.74) is 6.74. The average molecular weight is 391 g/mol. The second-order valence-electron chi connectivity index (χ2n) is 7.77. The first-order valence-electron chi connectivity index (χ1n) is 10.00. The highest BCUT2D eigenvalue weighted by Gasteiger charge is 2.41. The van der Waals surface area contributed by atoms with Crippen molar-refractivity contribution in [3.8, 4) is 0 Å². The van der Waals surface area contributed by atoms with Gasteiger partial charge in [-0.3, -0.25) is 14.5 Å². The molecule has 7 nitrogen and oxygen atoms in total. The van der Waals surface area contributed by atoms with Crippen molar-refractivity contribution in [1.29, 1.82) is 0 Å². The van der Waals surface area contributed by atoms with E-state index in [1.807, 2.05) is 18.2 Å². The fourth-order valence-corrected chi connectivity index (χ4v) is 3.75. The third kappa shape index (κ3) is 6.29. The minimum atomic E-state index is -0.482. The second-order valence-corrected chi connectivity index (χ2v) is 7.77. The Morgan fingerprint density at radius 3 is 2.64 bits per heavy atom. The predicted octanol–water partition coefficient (Wildman–Crippen LogP) is 0.835. The molecule has 2 amide bonds. The summed E-state index contributed by atoms with van der Waals surface area (Å²) in [5, 5.41) is 2.83. The molecular formula is C21H34N4O3. The minimum absolute atomic E-state index is 0.0176. The summed E-state index contributed by atoms with van der Waals surface area (Å²) in [5.74, 6) is 0.195. The van der Waals surface area contributed by atoms with E-state index in [0.717, 1.165) is 13.1 Å². The molecular weight excluding hydrogens is 356 g/mol.